The van der Waals surface area contributed by atoms with Crippen LogP contribution < -0.4 is 14.2 Å². The normalized spacial score (nSPS) is 13.7. The Balaban J connectivity index is 1.67. The number of hydrogen-bond donors (Lipinski definition) is 0. The summed E-state index contributed by atoms with van der Waals surface area (Å²) in [6, 6.07) is 12.4. The molecule has 8 heteroatoms. The molecule has 0 unspecified atom stereocenters. The highest BCUT2D eigenvalue weighted by Gasteiger charge is 2.24. The Morgan fingerprint density at radius 3 is 2.09 bits per heavy atom. The summed E-state index contributed by atoms with van der Waals surface area (Å²) in [7, 11) is 2.85. The molecule has 0 aliphatic heterocycles. The smallest absolute Gasteiger partial charge is 0.356 e. The molecular formula is C25H23NO7. The summed E-state index contributed by atoms with van der Waals surface area (Å²) in [6.07, 6.45) is 5.03. The Bertz CT molecular complexity index is 1080. The van der Waals surface area contributed by atoms with Crippen LogP contribution in [0.3, 0.4) is 0 Å². The molecule has 1 saturated carbocycles. The fourth-order valence-corrected chi connectivity index (χ4v) is 3.42. The lowest BCUT2D eigenvalue weighted by Gasteiger charge is -2.09. The Morgan fingerprint density at radius 2 is 1.55 bits per heavy atom. The first-order valence-electron chi connectivity index (χ1n) is 10.4. The zero-order valence-corrected chi connectivity index (χ0v) is 18.3. The largest absolute Gasteiger partial charge is 0.497 e. The maximum absolute atomic E-state index is 12.4. The highest BCUT2D eigenvalue weighted by molar-refractivity contribution is 6.06. The Hall–Kier alpha value is -4.12. The van der Waals surface area contributed by atoms with Crippen molar-refractivity contribution in [1.82, 2.24) is 0 Å². The van der Waals surface area contributed by atoms with Crippen molar-refractivity contribution in [2.45, 2.75) is 25.7 Å². The van der Waals surface area contributed by atoms with E-state index in [9.17, 15) is 19.6 Å². The molecule has 3 rings (SSSR count). The predicted octanol–water partition coefficient (Wildman–Crippen LogP) is 4.09. The first-order valence-corrected chi connectivity index (χ1v) is 10.4. The van der Waals surface area contributed by atoms with E-state index in [1.54, 1.807) is 36.4 Å². The van der Waals surface area contributed by atoms with E-state index < -0.39 is 11.9 Å². The lowest BCUT2D eigenvalue weighted by molar-refractivity contribution is -0.138. The first-order chi connectivity index (χ1) is 15.9. The zero-order chi connectivity index (χ0) is 23.8. The number of methoxy groups -OCH3 is 2. The van der Waals surface area contributed by atoms with E-state index in [-0.39, 0.29) is 23.0 Å². The van der Waals surface area contributed by atoms with Gasteiger partial charge in [-0.05, 0) is 48.7 Å². The average Bonchev–Trinajstić information content (AvgIpc) is 3.38. The van der Waals surface area contributed by atoms with Crippen molar-refractivity contribution in [2.75, 3.05) is 14.2 Å². The van der Waals surface area contributed by atoms with Gasteiger partial charge in [0.15, 0.2) is 0 Å². The number of benzene rings is 2. The molecule has 0 bridgehead atoms. The van der Waals surface area contributed by atoms with Crippen LogP contribution in [0.25, 0.3) is 6.08 Å². The van der Waals surface area contributed by atoms with E-state index in [1.165, 1.54) is 32.4 Å². The van der Waals surface area contributed by atoms with Crippen molar-refractivity contribution < 1.29 is 33.3 Å². The Kier molecular flexibility index (Phi) is 7.82. The minimum absolute atomic E-state index is 0.0327. The van der Waals surface area contributed by atoms with Crippen LogP contribution in [0.1, 0.15) is 41.6 Å². The number of carbonyl (C=O) groups excluding carboxylic acids is 3. The molecule has 2 aromatic carbocycles. The molecule has 0 saturated heterocycles. The summed E-state index contributed by atoms with van der Waals surface area (Å²) in [5, 5.41) is 9.36. The van der Waals surface area contributed by atoms with Crippen molar-refractivity contribution in [3.63, 3.8) is 0 Å². The van der Waals surface area contributed by atoms with Crippen molar-refractivity contribution in [2.24, 2.45) is 5.92 Å². The standard InChI is InChI=1S/C25H23NO7/c1-30-21-12-18(13-22(14-21)31-2)24(28)33-25(29)19(15-26)11-16-7-9-20(10-8-16)32-23(27)17-5-3-4-6-17/h7-14,17H,3-6H2,1-2H3/b19-11+. The van der Waals surface area contributed by atoms with Crippen LogP contribution >= 0.6 is 0 Å². The van der Waals surface area contributed by atoms with E-state index in [0.29, 0.717) is 22.8 Å². The molecule has 1 aliphatic carbocycles. The summed E-state index contributed by atoms with van der Waals surface area (Å²) in [6.45, 7) is 0. The lowest BCUT2D eigenvalue weighted by Crippen LogP contribution is -2.17. The maximum atomic E-state index is 12.4. The predicted molar refractivity (Wildman–Crippen MR) is 118 cm³/mol. The molecule has 170 valence electrons. The van der Waals surface area contributed by atoms with Crippen LogP contribution in [-0.4, -0.2) is 32.1 Å². The van der Waals surface area contributed by atoms with Gasteiger partial charge >= 0.3 is 17.9 Å². The lowest BCUT2D eigenvalue weighted by atomic mass is 10.1. The number of nitrogens with zero attached hydrogens (tertiary/aromatic N) is 1. The molecule has 0 heterocycles. The second-order valence-corrected chi connectivity index (χ2v) is 7.42. The molecule has 0 amide bonds. The van der Waals surface area contributed by atoms with E-state index >= 15 is 0 Å². The van der Waals surface area contributed by atoms with Crippen LogP contribution in [0.4, 0.5) is 0 Å². The van der Waals surface area contributed by atoms with Gasteiger partial charge in [-0.15, -0.1) is 0 Å². The van der Waals surface area contributed by atoms with Gasteiger partial charge in [-0.25, -0.2) is 9.59 Å². The van der Waals surface area contributed by atoms with Gasteiger partial charge in [-0.1, -0.05) is 25.0 Å². The third-order valence-electron chi connectivity index (χ3n) is 5.21. The van der Waals surface area contributed by atoms with Crippen molar-refractivity contribution in [3.8, 4) is 23.3 Å². The molecule has 0 aromatic heterocycles. The fraction of sp³-hybridized carbons (Fsp3) is 0.280. The van der Waals surface area contributed by atoms with Gasteiger partial charge < -0.3 is 18.9 Å². The van der Waals surface area contributed by atoms with E-state index in [0.717, 1.165) is 25.7 Å². The Labute approximate surface area is 191 Å². The molecule has 0 radical (unpaired) electrons. The summed E-state index contributed by atoms with van der Waals surface area (Å²) >= 11 is 0. The van der Waals surface area contributed by atoms with Crippen LogP contribution in [-0.2, 0) is 14.3 Å². The monoisotopic (exact) mass is 449 g/mol. The zero-order valence-electron chi connectivity index (χ0n) is 18.3. The van der Waals surface area contributed by atoms with Crippen LogP contribution in [0.5, 0.6) is 17.2 Å². The summed E-state index contributed by atoms with van der Waals surface area (Å²) in [5.41, 5.74) is 0.166. The van der Waals surface area contributed by atoms with Crippen LogP contribution in [0.2, 0.25) is 0 Å². The van der Waals surface area contributed by atoms with Gasteiger partial charge in [0.1, 0.15) is 28.9 Å². The highest BCUT2D eigenvalue weighted by Crippen LogP contribution is 2.27. The van der Waals surface area contributed by atoms with Crippen molar-refractivity contribution in [3.05, 3.63) is 59.2 Å². The molecule has 2 aromatic rings. The SMILES string of the molecule is COc1cc(OC)cc(C(=O)OC(=O)/C(C#N)=C/c2ccc(OC(=O)C3CCCC3)cc2)c1. The number of nitriles is 1. The molecule has 0 spiro atoms. The highest BCUT2D eigenvalue weighted by atomic mass is 16.6. The molecule has 1 aliphatic rings. The minimum Gasteiger partial charge on any atom is -0.497 e. The molecule has 33 heavy (non-hydrogen) atoms. The fourth-order valence-electron chi connectivity index (χ4n) is 3.42. The van der Waals surface area contributed by atoms with Crippen molar-refractivity contribution >= 4 is 24.0 Å². The third-order valence-corrected chi connectivity index (χ3v) is 5.21. The van der Waals surface area contributed by atoms with Gasteiger partial charge in [0.25, 0.3) is 0 Å². The first kappa shape index (κ1) is 23.5. The van der Waals surface area contributed by atoms with Gasteiger partial charge in [0.05, 0.1) is 25.7 Å². The van der Waals surface area contributed by atoms with Crippen molar-refractivity contribution in [1.29, 1.82) is 5.26 Å². The van der Waals surface area contributed by atoms with Gasteiger partial charge in [-0.3, -0.25) is 4.79 Å². The van der Waals surface area contributed by atoms with Crippen LogP contribution in [0.15, 0.2) is 48.0 Å². The second-order valence-electron chi connectivity index (χ2n) is 7.42. The summed E-state index contributed by atoms with van der Waals surface area (Å²) in [5.74, 6) is -1.28. The second kappa shape index (κ2) is 11.0. The van der Waals surface area contributed by atoms with Gasteiger partial charge in [0, 0.05) is 6.07 Å². The number of hydrogen-bond acceptors (Lipinski definition) is 8. The quantitative estimate of drug-likeness (QED) is 0.204. The molecule has 8 nitrogen and oxygen atoms in total. The van der Waals surface area contributed by atoms with E-state index in [4.69, 9.17) is 18.9 Å². The molecule has 1 fully saturated rings. The number of ether oxygens (including phenoxy) is 4. The number of rotatable bonds is 7. The molecular weight excluding hydrogens is 426 g/mol. The molecule has 0 N–H and O–H groups in total. The van der Waals surface area contributed by atoms with Gasteiger partial charge in [-0.2, -0.15) is 5.26 Å². The van der Waals surface area contributed by atoms with E-state index in [2.05, 4.69) is 0 Å². The summed E-state index contributed by atoms with van der Waals surface area (Å²) in [4.78, 5) is 36.9. The number of carbonyl (C=O) groups is 3. The molecule has 0 atom stereocenters. The minimum atomic E-state index is -1.10. The van der Waals surface area contributed by atoms with E-state index in [1.807, 2.05) is 0 Å². The number of esters is 3. The Morgan fingerprint density at radius 1 is 0.939 bits per heavy atom. The topological polar surface area (TPSA) is 112 Å². The van der Waals surface area contributed by atoms with Gasteiger partial charge in [0.2, 0.25) is 0 Å². The maximum Gasteiger partial charge on any atom is 0.356 e. The van der Waals surface area contributed by atoms with Crippen LogP contribution in [0, 0.1) is 17.2 Å². The third kappa shape index (κ3) is 6.20. The average molecular weight is 449 g/mol. The summed E-state index contributed by atoms with van der Waals surface area (Å²) < 4.78 is 20.4.